The van der Waals surface area contributed by atoms with Crippen molar-refractivity contribution >= 4 is 11.8 Å². The van der Waals surface area contributed by atoms with Crippen LogP contribution in [-0.4, -0.2) is 34.8 Å². The van der Waals surface area contributed by atoms with E-state index in [1.807, 2.05) is 11.8 Å². The Labute approximate surface area is 123 Å². The second kappa shape index (κ2) is 7.65. The van der Waals surface area contributed by atoms with Crippen LogP contribution in [0.3, 0.4) is 0 Å². The fraction of sp³-hybridized carbons (Fsp3) is 0.875. The van der Waals surface area contributed by atoms with Crippen molar-refractivity contribution in [2.24, 2.45) is 0 Å². The molecule has 0 aromatic heterocycles. The van der Waals surface area contributed by atoms with Gasteiger partial charge in [-0.05, 0) is 27.2 Å². The molecule has 1 atom stereocenters. The number of unbranched alkanes of at least 4 members (excludes halogenated alkanes) is 5. The highest BCUT2D eigenvalue weighted by atomic mass is 16.2. The van der Waals surface area contributed by atoms with Crippen LogP contribution in [0.1, 0.15) is 72.6 Å². The molecule has 1 fully saturated rings. The smallest absolute Gasteiger partial charge is 0.247 e. The summed E-state index contributed by atoms with van der Waals surface area (Å²) < 4.78 is 0. The normalized spacial score (nSPS) is 22.6. The monoisotopic (exact) mass is 282 g/mol. The average molecular weight is 282 g/mol. The number of rotatable bonds is 7. The molecule has 0 bridgehead atoms. The lowest BCUT2D eigenvalue weighted by molar-refractivity contribution is -0.138. The quantitative estimate of drug-likeness (QED) is 0.730. The molecule has 0 aromatic rings. The number of nitrogens with one attached hydrogen (secondary N) is 1. The van der Waals surface area contributed by atoms with Crippen LogP contribution < -0.4 is 5.32 Å². The van der Waals surface area contributed by atoms with Crippen LogP contribution in [0.15, 0.2) is 0 Å². The van der Waals surface area contributed by atoms with Crippen LogP contribution in [0.2, 0.25) is 0 Å². The molecular weight excluding hydrogens is 252 g/mol. The van der Waals surface area contributed by atoms with E-state index < -0.39 is 5.54 Å². The molecule has 0 saturated carbocycles. The lowest BCUT2D eigenvalue weighted by Gasteiger charge is -2.32. The van der Waals surface area contributed by atoms with Gasteiger partial charge in [-0.3, -0.25) is 9.59 Å². The molecular formula is C16H30N2O2. The van der Waals surface area contributed by atoms with Crippen LogP contribution in [0, 0.1) is 0 Å². The zero-order chi connectivity index (χ0) is 15.2. The Morgan fingerprint density at radius 2 is 1.75 bits per heavy atom. The Balaban J connectivity index is 2.49. The fourth-order valence-corrected chi connectivity index (χ4v) is 2.78. The standard InChI is InChI=1S/C16H30N2O2/c1-5-6-7-8-9-10-11-18-13(2)12-14(19)17-16(3,4)15(18)20/h13H,5-12H2,1-4H3,(H,17,19). The molecule has 2 amide bonds. The van der Waals surface area contributed by atoms with Crippen molar-refractivity contribution in [2.45, 2.75) is 84.2 Å². The van der Waals surface area contributed by atoms with E-state index in [0.29, 0.717) is 6.42 Å². The van der Waals surface area contributed by atoms with E-state index in [9.17, 15) is 9.59 Å². The number of hydrogen-bond donors (Lipinski definition) is 1. The summed E-state index contributed by atoms with van der Waals surface area (Å²) in [5.74, 6) is 0.0192. The molecule has 1 unspecified atom stereocenters. The van der Waals surface area contributed by atoms with Gasteiger partial charge in [-0.25, -0.2) is 0 Å². The SMILES string of the molecule is CCCCCCCCN1C(=O)C(C)(C)NC(=O)CC1C. The maximum atomic E-state index is 12.5. The predicted molar refractivity (Wildman–Crippen MR) is 81.4 cm³/mol. The van der Waals surface area contributed by atoms with Crippen molar-refractivity contribution in [3.05, 3.63) is 0 Å². The first-order valence-corrected chi connectivity index (χ1v) is 8.00. The first-order valence-electron chi connectivity index (χ1n) is 8.00. The highest BCUT2D eigenvalue weighted by molar-refractivity contribution is 5.93. The van der Waals surface area contributed by atoms with E-state index in [1.165, 1.54) is 25.7 Å². The Bertz CT molecular complexity index is 339. The first kappa shape index (κ1) is 17.0. The Kier molecular flexibility index (Phi) is 6.50. The van der Waals surface area contributed by atoms with Crippen molar-refractivity contribution in [1.29, 1.82) is 0 Å². The van der Waals surface area contributed by atoms with Crippen LogP contribution in [0.5, 0.6) is 0 Å². The second-order valence-electron chi connectivity index (χ2n) is 6.49. The summed E-state index contributed by atoms with van der Waals surface area (Å²) in [7, 11) is 0. The topological polar surface area (TPSA) is 49.4 Å². The van der Waals surface area contributed by atoms with Crippen molar-refractivity contribution < 1.29 is 9.59 Å². The zero-order valence-corrected chi connectivity index (χ0v) is 13.5. The summed E-state index contributed by atoms with van der Waals surface area (Å²) in [6.07, 6.45) is 7.68. The third kappa shape index (κ3) is 4.80. The molecule has 4 heteroatoms. The third-order valence-corrected chi connectivity index (χ3v) is 4.01. The predicted octanol–water partition coefficient (Wildman–Crippen LogP) is 2.86. The number of carbonyl (C=O) groups excluding carboxylic acids is 2. The molecule has 1 aliphatic rings. The molecule has 1 saturated heterocycles. The fourth-order valence-electron chi connectivity index (χ4n) is 2.78. The van der Waals surface area contributed by atoms with E-state index in [-0.39, 0.29) is 17.9 Å². The van der Waals surface area contributed by atoms with Crippen molar-refractivity contribution in [3.8, 4) is 0 Å². The molecule has 0 spiro atoms. The average Bonchev–Trinajstić information content (AvgIpc) is 2.42. The third-order valence-electron chi connectivity index (χ3n) is 4.01. The maximum absolute atomic E-state index is 12.5. The zero-order valence-electron chi connectivity index (χ0n) is 13.5. The van der Waals surface area contributed by atoms with Gasteiger partial charge in [0.15, 0.2) is 0 Å². The van der Waals surface area contributed by atoms with Gasteiger partial charge < -0.3 is 10.2 Å². The van der Waals surface area contributed by atoms with Gasteiger partial charge in [-0.15, -0.1) is 0 Å². The lowest BCUT2D eigenvalue weighted by atomic mass is 10.0. The summed E-state index contributed by atoms with van der Waals surface area (Å²) in [5.41, 5.74) is -0.774. The lowest BCUT2D eigenvalue weighted by Crippen LogP contribution is -2.53. The van der Waals surface area contributed by atoms with E-state index in [0.717, 1.165) is 19.4 Å². The molecule has 116 valence electrons. The van der Waals surface area contributed by atoms with Gasteiger partial charge in [0.25, 0.3) is 0 Å². The Hall–Kier alpha value is -1.06. The number of carbonyl (C=O) groups is 2. The highest BCUT2D eigenvalue weighted by Crippen LogP contribution is 2.19. The number of hydrogen-bond acceptors (Lipinski definition) is 2. The van der Waals surface area contributed by atoms with Gasteiger partial charge in [-0.1, -0.05) is 39.0 Å². The molecule has 1 heterocycles. The van der Waals surface area contributed by atoms with Gasteiger partial charge in [0, 0.05) is 19.0 Å². The number of nitrogens with zero attached hydrogens (tertiary/aromatic N) is 1. The van der Waals surface area contributed by atoms with Crippen LogP contribution >= 0.6 is 0 Å². The summed E-state index contributed by atoms with van der Waals surface area (Å²) in [6.45, 7) is 8.53. The van der Waals surface area contributed by atoms with E-state index in [4.69, 9.17) is 0 Å². The van der Waals surface area contributed by atoms with Gasteiger partial charge in [0.2, 0.25) is 11.8 Å². The largest absolute Gasteiger partial charge is 0.342 e. The molecule has 0 aromatic carbocycles. The summed E-state index contributed by atoms with van der Waals surface area (Å²) in [5, 5.41) is 2.82. The van der Waals surface area contributed by atoms with Gasteiger partial charge in [0.05, 0.1) is 0 Å². The van der Waals surface area contributed by atoms with E-state index in [2.05, 4.69) is 12.2 Å². The molecule has 20 heavy (non-hydrogen) atoms. The molecule has 4 nitrogen and oxygen atoms in total. The maximum Gasteiger partial charge on any atom is 0.247 e. The second-order valence-corrected chi connectivity index (χ2v) is 6.49. The van der Waals surface area contributed by atoms with Gasteiger partial charge >= 0.3 is 0 Å². The summed E-state index contributed by atoms with van der Waals surface area (Å²) >= 11 is 0. The molecule has 1 rings (SSSR count). The minimum absolute atomic E-state index is 0.0000770. The van der Waals surface area contributed by atoms with Gasteiger partial charge in [0.1, 0.15) is 5.54 Å². The van der Waals surface area contributed by atoms with Crippen LogP contribution in [-0.2, 0) is 9.59 Å². The molecule has 0 aliphatic carbocycles. The minimum Gasteiger partial charge on any atom is -0.342 e. The van der Waals surface area contributed by atoms with E-state index in [1.54, 1.807) is 13.8 Å². The minimum atomic E-state index is -0.774. The van der Waals surface area contributed by atoms with Crippen LogP contribution in [0.25, 0.3) is 0 Å². The Morgan fingerprint density at radius 3 is 2.40 bits per heavy atom. The van der Waals surface area contributed by atoms with Gasteiger partial charge in [-0.2, -0.15) is 0 Å². The number of amides is 2. The van der Waals surface area contributed by atoms with Crippen LogP contribution in [0.4, 0.5) is 0 Å². The molecule has 1 aliphatic heterocycles. The highest BCUT2D eigenvalue weighted by Gasteiger charge is 2.39. The molecule has 0 radical (unpaired) electrons. The first-order chi connectivity index (χ1) is 9.38. The van der Waals surface area contributed by atoms with Crippen molar-refractivity contribution in [1.82, 2.24) is 10.2 Å². The summed E-state index contributed by atoms with van der Waals surface area (Å²) in [6, 6.07) is -0.0000770. The van der Waals surface area contributed by atoms with Crippen molar-refractivity contribution in [3.63, 3.8) is 0 Å². The Morgan fingerprint density at radius 1 is 1.15 bits per heavy atom. The molecule has 1 N–H and O–H groups in total. The van der Waals surface area contributed by atoms with Crippen molar-refractivity contribution in [2.75, 3.05) is 6.54 Å². The van der Waals surface area contributed by atoms with E-state index >= 15 is 0 Å². The summed E-state index contributed by atoms with van der Waals surface area (Å²) in [4.78, 5) is 26.1.